The maximum absolute atomic E-state index is 5.49. The second-order valence-corrected chi connectivity index (χ2v) is 5.42. The van der Waals surface area contributed by atoms with E-state index in [1.54, 1.807) is 12.3 Å². The maximum atomic E-state index is 5.49. The number of hydrogen-bond donors (Lipinski definition) is 2. The summed E-state index contributed by atoms with van der Waals surface area (Å²) in [6.07, 6.45) is 7.73. The number of nitrogens with two attached hydrogens (primary N) is 1. The van der Waals surface area contributed by atoms with Crippen molar-refractivity contribution < 1.29 is 0 Å². The molecule has 20 heavy (non-hydrogen) atoms. The van der Waals surface area contributed by atoms with Gasteiger partial charge >= 0.3 is 0 Å². The highest BCUT2D eigenvalue weighted by molar-refractivity contribution is 5.38. The van der Waals surface area contributed by atoms with Crippen LogP contribution in [0.4, 0.5) is 5.82 Å². The average molecular weight is 268 g/mol. The molecule has 0 aliphatic heterocycles. The van der Waals surface area contributed by atoms with Crippen LogP contribution in [-0.4, -0.2) is 9.97 Å². The van der Waals surface area contributed by atoms with Crippen LogP contribution in [0.15, 0.2) is 42.6 Å². The Bertz CT molecular complexity index is 562. The van der Waals surface area contributed by atoms with Crippen LogP contribution in [0.1, 0.15) is 43.5 Å². The third kappa shape index (κ3) is 2.27. The summed E-state index contributed by atoms with van der Waals surface area (Å²) in [7, 11) is 0. The Morgan fingerprint density at radius 2 is 1.75 bits per heavy atom. The molecule has 0 atom stereocenters. The van der Waals surface area contributed by atoms with E-state index in [1.165, 1.54) is 24.8 Å². The summed E-state index contributed by atoms with van der Waals surface area (Å²) in [5.74, 6) is 7.05. The zero-order valence-corrected chi connectivity index (χ0v) is 11.5. The Balaban J connectivity index is 2.10. The van der Waals surface area contributed by atoms with Crippen LogP contribution >= 0.6 is 0 Å². The lowest BCUT2D eigenvalue weighted by Gasteiger charge is -2.36. The predicted molar refractivity (Wildman–Crippen MR) is 80.1 cm³/mol. The molecule has 0 amide bonds. The molecule has 2 aromatic rings. The van der Waals surface area contributed by atoms with Gasteiger partial charge in [0.1, 0.15) is 11.6 Å². The van der Waals surface area contributed by atoms with Gasteiger partial charge in [-0.05, 0) is 18.4 Å². The predicted octanol–water partition coefficient (Wildman–Crippen LogP) is 3.01. The first-order chi connectivity index (χ1) is 9.85. The molecule has 3 rings (SSSR count). The first-order valence-corrected chi connectivity index (χ1v) is 7.21. The summed E-state index contributed by atoms with van der Waals surface area (Å²) < 4.78 is 0. The number of nitrogens with one attached hydrogen (secondary N) is 1. The summed E-state index contributed by atoms with van der Waals surface area (Å²) in [4.78, 5) is 9.17. The van der Waals surface area contributed by atoms with Crippen LogP contribution in [-0.2, 0) is 5.41 Å². The first kappa shape index (κ1) is 13.1. The van der Waals surface area contributed by atoms with Crippen molar-refractivity contribution in [3.05, 3.63) is 54.0 Å². The summed E-state index contributed by atoms with van der Waals surface area (Å²) in [6, 6.07) is 12.4. The first-order valence-electron chi connectivity index (χ1n) is 7.21. The summed E-state index contributed by atoms with van der Waals surface area (Å²) in [5, 5.41) is 0. The number of hydrogen-bond acceptors (Lipinski definition) is 4. The van der Waals surface area contributed by atoms with Crippen molar-refractivity contribution in [1.82, 2.24) is 9.97 Å². The minimum Gasteiger partial charge on any atom is -0.308 e. The van der Waals surface area contributed by atoms with Crippen LogP contribution in [0.3, 0.4) is 0 Å². The molecule has 1 aliphatic rings. The monoisotopic (exact) mass is 268 g/mol. The minimum absolute atomic E-state index is 0.0631. The molecule has 104 valence electrons. The van der Waals surface area contributed by atoms with Gasteiger partial charge in [0.2, 0.25) is 0 Å². The van der Waals surface area contributed by atoms with Gasteiger partial charge in [0.05, 0.1) is 5.41 Å². The standard InChI is InChI=1S/C16H20N4/c17-20-14-9-12-18-15(19-14)16(10-5-2-6-11-16)13-7-3-1-4-8-13/h1,3-4,7-9,12H,2,5-6,10-11,17H2,(H,18,19,20). The molecule has 1 saturated carbocycles. The number of anilines is 1. The van der Waals surface area contributed by atoms with Crippen LogP contribution in [0.2, 0.25) is 0 Å². The van der Waals surface area contributed by atoms with Crippen molar-refractivity contribution in [3.63, 3.8) is 0 Å². The highest BCUT2D eigenvalue weighted by Crippen LogP contribution is 2.43. The van der Waals surface area contributed by atoms with Crippen LogP contribution in [0.5, 0.6) is 0 Å². The molecule has 0 radical (unpaired) electrons. The Kier molecular flexibility index (Phi) is 3.65. The fourth-order valence-corrected chi connectivity index (χ4v) is 3.22. The molecule has 1 fully saturated rings. The van der Waals surface area contributed by atoms with Gasteiger partial charge in [-0.1, -0.05) is 49.6 Å². The Morgan fingerprint density at radius 3 is 2.45 bits per heavy atom. The molecule has 1 heterocycles. The van der Waals surface area contributed by atoms with E-state index in [2.05, 4.69) is 45.7 Å². The largest absolute Gasteiger partial charge is 0.308 e. The molecule has 0 saturated heterocycles. The summed E-state index contributed by atoms with van der Waals surface area (Å²) in [6.45, 7) is 0. The number of rotatable bonds is 3. The molecular weight excluding hydrogens is 248 g/mol. The van der Waals surface area contributed by atoms with Gasteiger partial charge < -0.3 is 5.43 Å². The number of nitrogen functional groups attached to an aromatic ring is 1. The highest BCUT2D eigenvalue weighted by atomic mass is 15.3. The van der Waals surface area contributed by atoms with Crippen molar-refractivity contribution in [1.29, 1.82) is 0 Å². The Morgan fingerprint density at radius 1 is 1.00 bits per heavy atom. The SMILES string of the molecule is NNc1ccnc(C2(c3ccccc3)CCCCC2)n1. The molecule has 4 heteroatoms. The smallest absolute Gasteiger partial charge is 0.143 e. The van der Waals surface area contributed by atoms with E-state index in [4.69, 9.17) is 5.84 Å². The van der Waals surface area contributed by atoms with E-state index in [0.29, 0.717) is 5.82 Å². The molecule has 3 N–H and O–H groups in total. The number of nitrogens with zero attached hydrogens (tertiary/aromatic N) is 2. The third-order valence-electron chi connectivity index (χ3n) is 4.26. The van der Waals surface area contributed by atoms with Crippen LogP contribution in [0.25, 0.3) is 0 Å². The number of hydrazine groups is 1. The molecule has 0 unspecified atom stereocenters. The number of aromatic nitrogens is 2. The van der Waals surface area contributed by atoms with Crippen LogP contribution in [0, 0.1) is 0 Å². The van der Waals surface area contributed by atoms with E-state index in [1.807, 2.05) is 0 Å². The zero-order valence-electron chi connectivity index (χ0n) is 11.5. The van der Waals surface area contributed by atoms with Crippen molar-refractivity contribution >= 4 is 5.82 Å². The van der Waals surface area contributed by atoms with E-state index in [0.717, 1.165) is 18.7 Å². The maximum Gasteiger partial charge on any atom is 0.143 e. The van der Waals surface area contributed by atoms with E-state index in [-0.39, 0.29) is 5.41 Å². The fraction of sp³-hybridized carbons (Fsp3) is 0.375. The second-order valence-electron chi connectivity index (χ2n) is 5.42. The third-order valence-corrected chi connectivity index (χ3v) is 4.26. The normalized spacial score (nSPS) is 17.6. The second kappa shape index (κ2) is 5.59. The molecule has 1 aliphatic carbocycles. The van der Waals surface area contributed by atoms with Crippen molar-refractivity contribution in [3.8, 4) is 0 Å². The summed E-state index contributed by atoms with van der Waals surface area (Å²) in [5.41, 5.74) is 3.87. The van der Waals surface area contributed by atoms with Gasteiger partial charge in [0.15, 0.2) is 0 Å². The van der Waals surface area contributed by atoms with Gasteiger partial charge in [-0.25, -0.2) is 15.8 Å². The van der Waals surface area contributed by atoms with Crippen molar-refractivity contribution in [2.45, 2.75) is 37.5 Å². The van der Waals surface area contributed by atoms with Gasteiger partial charge in [0.25, 0.3) is 0 Å². The Labute approximate surface area is 119 Å². The number of benzene rings is 1. The molecular formula is C16H20N4. The van der Waals surface area contributed by atoms with E-state index in [9.17, 15) is 0 Å². The summed E-state index contributed by atoms with van der Waals surface area (Å²) >= 11 is 0. The molecule has 1 aromatic carbocycles. The van der Waals surface area contributed by atoms with Gasteiger partial charge in [-0.3, -0.25) is 0 Å². The lowest BCUT2D eigenvalue weighted by atomic mass is 9.69. The lowest BCUT2D eigenvalue weighted by molar-refractivity contribution is 0.330. The molecule has 0 bridgehead atoms. The molecule has 0 spiro atoms. The topological polar surface area (TPSA) is 63.8 Å². The quantitative estimate of drug-likeness (QED) is 0.663. The van der Waals surface area contributed by atoms with Gasteiger partial charge in [-0.2, -0.15) is 0 Å². The van der Waals surface area contributed by atoms with E-state index >= 15 is 0 Å². The average Bonchev–Trinajstić information content (AvgIpc) is 2.56. The minimum atomic E-state index is -0.0631. The van der Waals surface area contributed by atoms with Gasteiger partial charge in [-0.15, -0.1) is 0 Å². The molecule has 4 nitrogen and oxygen atoms in total. The Hall–Kier alpha value is -1.94. The van der Waals surface area contributed by atoms with Gasteiger partial charge in [0, 0.05) is 12.3 Å². The zero-order chi connectivity index (χ0) is 13.8. The highest BCUT2D eigenvalue weighted by Gasteiger charge is 2.38. The van der Waals surface area contributed by atoms with E-state index < -0.39 is 0 Å². The van der Waals surface area contributed by atoms with Crippen molar-refractivity contribution in [2.24, 2.45) is 5.84 Å². The lowest BCUT2D eigenvalue weighted by Crippen LogP contribution is -2.33. The molecule has 1 aromatic heterocycles. The van der Waals surface area contributed by atoms with Crippen molar-refractivity contribution in [2.75, 3.05) is 5.43 Å². The van der Waals surface area contributed by atoms with Crippen LogP contribution < -0.4 is 11.3 Å². The fourth-order valence-electron chi connectivity index (χ4n) is 3.22.